The van der Waals surface area contributed by atoms with Crippen LogP contribution >= 0.6 is 0 Å². The zero-order chi connectivity index (χ0) is 25.7. The van der Waals surface area contributed by atoms with Gasteiger partial charge in [-0.1, -0.05) is 42.5 Å². The molecule has 1 aliphatic rings. The van der Waals surface area contributed by atoms with Gasteiger partial charge in [-0.2, -0.15) is 0 Å². The van der Waals surface area contributed by atoms with E-state index in [0.29, 0.717) is 34.6 Å². The topological polar surface area (TPSA) is 110 Å². The molecular weight excluding hydrogens is 462 g/mol. The lowest BCUT2D eigenvalue weighted by Crippen LogP contribution is -2.42. The van der Waals surface area contributed by atoms with Crippen LogP contribution in [0.1, 0.15) is 43.8 Å². The molecule has 1 heterocycles. The van der Waals surface area contributed by atoms with Gasteiger partial charge in [-0.25, -0.2) is 4.79 Å². The second kappa shape index (κ2) is 10.7. The summed E-state index contributed by atoms with van der Waals surface area (Å²) in [6.07, 6.45) is 1.35. The number of esters is 1. The molecule has 8 heteroatoms. The molecule has 1 aliphatic heterocycles. The highest BCUT2D eigenvalue weighted by molar-refractivity contribution is 6.33. The van der Waals surface area contributed by atoms with Gasteiger partial charge in [-0.15, -0.1) is 0 Å². The molecule has 3 aromatic rings. The number of carbonyl (C=O) groups excluding carboxylic acids is 3. The molecule has 8 nitrogen and oxygen atoms in total. The third kappa shape index (κ3) is 5.33. The van der Waals surface area contributed by atoms with Crippen LogP contribution in [-0.2, 0) is 20.9 Å². The second-order valence-corrected chi connectivity index (χ2v) is 8.06. The zero-order valence-corrected chi connectivity index (χ0v) is 19.5. The fraction of sp³-hybridized carbons (Fsp3) is 0.143. The average molecular weight is 485 g/mol. The van der Waals surface area contributed by atoms with E-state index in [2.05, 4.69) is 0 Å². The van der Waals surface area contributed by atoms with Crippen molar-refractivity contribution in [2.75, 3.05) is 13.7 Å². The van der Waals surface area contributed by atoms with Crippen molar-refractivity contribution in [2.45, 2.75) is 13.0 Å². The zero-order valence-electron chi connectivity index (χ0n) is 19.5. The minimum absolute atomic E-state index is 0.202. The number of benzene rings is 3. The molecule has 0 spiro atoms. The van der Waals surface area contributed by atoms with Crippen molar-refractivity contribution >= 4 is 35.4 Å². The molecule has 0 aromatic heterocycles. The van der Waals surface area contributed by atoms with Crippen molar-refractivity contribution < 1.29 is 33.8 Å². The van der Waals surface area contributed by atoms with Crippen LogP contribution in [0, 0.1) is 0 Å². The van der Waals surface area contributed by atoms with E-state index in [1.54, 1.807) is 78.9 Å². The van der Waals surface area contributed by atoms with Gasteiger partial charge in [0, 0.05) is 17.7 Å². The molecule has 0 saturated carbocycles. The number of hydrogen-bond acceptors (Lipinski definition) is 6. The smallest absolute Gasteiger partial charge is 0.337 e. The number of carboxylic acids is 1. The van der Waals surface area contributed by atoms with Gasteiger partial charge in [-0.05, 0) is 53.1 Å². The first-order valence-corrected chi connectivity index (χ1v) is 11.2. The highest BCUT2D eigenvalue weighted by atomic mass is 16.5. The average Bonchev–Trinajstić information content (AvgIpc) is 2.90. The fourth-order valence-electron chi connectivity index (χ4n) is 3.80. The van der Waals surface area contributed by atoms with Gasteiger partial charge in [0.05, 0.1) is 19.1 Å². The van der Waals surface area contributed by atoms with Gasteiger partial charge in [-0.3, -0.25) is 19.3 Å². The number of hydrogen-bond donors (Lipinski definition) is 1. The van der Waals surface area contributed by atoms with Gasteiger partial charge in [0.2, 0.25) is 0 Å². The Kier molecular flexibility index (Phi) is 7.25. The van der Waals surface area contributed by atoms with Gasteiger partial charge in [0.1, 0.15) is 12.4 Å². The molecule has 0 unspecified atom stereocenters. The predicted octanol–water partition coefficient (Wildman–Crippen LogP) is 4.05. The maximum atomic E-state index is 13.1. The lowest BCUT2D eigenvalue weighted by atomic mass is 9.92. The number of imide groups is 1. The van der Waals surface area contributed by atoms with Crippen LogP contribution in [0.15, 0.2) is 72.8 Å². The number of fused-ring (bicyclic) bond motifs is 1. The molecular formula is C28H23NO7. The van der Waals surface area contributed by atoms with Crippen LogP contribution in [-0.4, -0.2) is 47.4 Å². The van der Waals surface area contributed by atoms with E-state index >= 15 is 0 Å². The molecule has 4 rings (SSSR count). The number of methoxy groups -OCH3 is 1. The third-order valence-corrected chi connectivity index (χ3v) is 5.69. The molecule has 0 saturated heterocycles. The summed E-state index contributed by atoms with van der Waals surface area (Å²) in [4.78, 5) is 49.4. The summed E-state index contributed by atoms with van der Waals surface area (Å²) in [6.45, 7) is 0.0977. The number of rotatable bonds is 8. The Labute approximate surface area is 207 Å². The molecule has 0 bridgehead atoms. The van der Waals surface area contributed by atoms with E-state index in [1.165, 1.54) is 7.11 Å². The van der Waals surface area contributed by atoms with Crippen molar-refractivity contribution in [3.8, 4) is 5.75 Å². The Morgan fingerprint density at radius 3 is 2.19 bits per heavy atom. The molecule has 0 fully saturated rings. The van der Waals surface area contributed by atoms with E-state index in [0.717, 1.165) is 16.0 Å². The number of ether oxygens (including phenoxy) is 2. The standard InChI is InChI=1S/C28H23NO7/c1-35-28(34)20-10-6-19(7-11-20)17-36-21-12-8-18(9-13-21)16-24-22-4-2-3-5-23(22)26(32)29(27(24)33)15-14-25(30)31/h2-13,16H,14-15,17H2,1H3,(H,30,31). The number of amides is 2. The van der Waals surface area contributed by atoms with E-state index in [1.807, 2.05) is 0 Å². The summed E-state index contributed by atoms with van der Waals surface area (Å²) in [5.41, 5.74) is 3.23. The fourth-order valence-corrected chi connectivity index (χ4v) is 3.80. The normalized spacial score (nSPS) is 13.9. The highest BCUT2D eigenvalue weighted by Gasteiger charge is 2.34. The minimum atomic E-state index is -1.09. The summed E-state index contributed by atoms with van der Waals surface area (Å²) in [6, 6.07) is 20.8. The molecule has 2 amide bonds. The molecule has 0 atom stereocenters. The summed E-state index contributed by atoms with van der Waals surface area (Å²) in [5.74, 6) is -1.91. The Morgan fingerprint density at radius 1 is 0.889 bits per heavy atom. The summed E-state index contributed by atoms with van der Waals surface area (Å²) in [7, 11) is 1.33. The maximum Gasteiger partial charge on any atom is 0.337 e. The van der Waals surface area contributed by atoms with E-state index < -0.39 is 23.8 Å². The van der Waals surface area contributed by atoms with Crippen LogP contribution < -0.4 is 4.74 Å². The van der Waals surface area contributed by atoms with E-state index in [4.69, 9.17) is 14.6 Å². The van der Waals surface area contributed by atoms with Crippen molar-refractivity contribution in [1.82, 2.24) is 4.90 Å². The quantitative estimate of drug-likeness (QED) is 0.291. The monoisotopic (exact) mass is 485 g/mol. The van der Waals surface area contributed by atoms with Crippen LogP contribution in [0.2, 0.25) is 0 Å². The third-order valence-electron chi connectivity index (χ3n) is 5.69. The first-order valence-electron chi connectivity index (χ1n) is 11.2. The van der Waals surface area contributed by atoms with Gasteiger partial charge in [0.25, 0.3) is 11.8 Å². The lowest BCUT2D eigenvalue weighted by molar-refractivity contribution is -0.137. The molecule has 1 N–H and O–H groups in total. The molecule has 182 valence electrons. The first kappa shape index (κ1) is 24.4. The molecule has 0 aliphatic carbocycles. The van der Waals surface area contributed by atoms with Crippen LogP contribution in [0.25, 0.3) is 11.6 Å². The number of carbonyl (C=O) groups is 4. The van der Waals surface area contributed by atoms with E-state index in [-0.39, 0.29) is 13.0 Å². The lowest BCUT2D eigenvalue weighted by Gasteiger charge is -2.28. The Hall–Kier alpha value is -4.72. The molecule has 3 aromatic carbocycles. The van der Waals surface area contributed by atoms with E-state index in [9.17, 15) is 19.2 Å². The van der Waals surface area contributed by atoms with Crippen molar-refractivity contribution in [2.24, 2.45) is 0 Å². The maximum absolute atomic E-state index is 13.1. The van der Waals surface area contributed by atoms with Crippen LogP contribution in [0.3, 0.4) is 0 Å². The van der Waals surface area contributed by atoms with Crippen molar-refractivity contribution in [3.05, 3.63) is 101 Å². The number of nitrogens with zero attached hydrogens (tertiary/aromatic N) is 1. The van der Waals surface area contributed by atoms with Gasteiger partial charge >= 0.3 is 11.9 Å². The minimum Gasteiger partial charge on any atom is -0.489 e. The van der Waals surface area contributed by atoms with Gasteiger partial charge < -0.3 is 14.6 Å². The first-order chi connectivity index (χ1) is 17.4. The second-order valence-electron chi connectivity index (χ2n) is 8.06. The number of aliphatic carboxylic acids is 1. The Bertz CT molecular complexity index is 1340. The predicted molar refractivity (Wildman–Crippen MR) is 131 cm³/mol. The largest absolute Gasteiger partial charge is 0.489 e. The van der Waals surface area contributed by atoms with Crippen molar-refractivity contribution in [1.29, 1.82) is 0 Å². The molecule has 0 radical (unpaired) electrons. The van der Waals surface area contributed by atoms with Gasteiger partial charge in [0.15, 0.2) is 0 Å². The molecule has 36 heavy (non-hydrogen) atoms. The summed E-state index contributed by atoms with van der Waals surface area (Å²) < 4.78 is 10.5. The summed E-state index contributed by atoms with van der Waals surface area (Å²) in [5, 5.41) is 9.01. The number of carboxylic acid groups (broad SMARTS) is 1. The highest BCUT2D eigenvalue weighted by Crippen LogP contribution is 2.31. The SMILES string of the molecule is COC(=O)c1ccc(COc2ccc(C=C3C(=O)N(CCC(=O)O)C(=O)c4ccccc43)cc2)cc1. The van der Waals surface area contributed by atoms with Crippen molar-refractivity contribution in [3.63, 3.8) is 0 Å². The summed E-state index contributed by atoms with van der Waals surface area (Å²) >= 11 is 0. The van der Waals surface area contributed by atoms with Crippen LogP contribution in [0.5, 0.6) is 5.75 Å². The Balaban J connectivity index is 1.51. The van der Waals surface area contributed by atoms with Crippen LogP contribution in [0.4, 0.5) is 0 Å². The Morgan fingerprint density at radius 2 is 1.56 bits per heavy atom.